The number of nitrogens with one attached hydrogen (secondary N) is 3. The van der Waals surface area contributed by atoms with Crippen LogP contribution in [0.4, 0.5) is 0 Å². The van der Waals surface area contributed by atoms with Gasteiger partial charge in [-0.15, -0.1) is 0 Å². The summed E-state index contributed by atoms with van der Waals surface area (Å²) in [5, 5.41) is 6.03. The van der Waals surface area contributed by atoms with Gasteiger partial charge in [0, 0.05) is 36.8 Å². The summed E-state index contributed by atoms with van der Waals surface area (Å²) in [6.45, 7) is 4.70. The molecule has 2 rings (SSSR count). The molecule has 1 aliphatic rings. The van der Waals surface area contributed by atoms with Crippen LogP contribution in [0.15, 0.2) is 6.33 Å². The zero-order valence-corrected chi connectivity index (χ0v) is 11.9. The van der Waals surface area contributed by atoms with E-state index in [0.29, 0.717) is 19.7 Å². The van der Waals surface area contributed by atoms with E-state index < -0.39 is 0 Å². The average Bonchev–Trinajstić information content (AvgIpc) is 2.85. The maximum Gasteiger partial charge on any atom is 0.250 e. The van der Waals surface area contributed by atoms with Crippen molar-refractivity contribution in [1.82, 2.24) is 20.6 Å². The van der Waals surface area contributed by atoms with Crippen LogP contribution in [0.3, 0.4) is 0 Å². The third-order valence-electron chi connectivity index (χ3n) is 2.94. The van der Waals surface area contributed by atoms with Crippen LogP contribution in [-0.2, 0) is 15.3 Å². The van der Waals surface area contributed by atoms with E-state index in [1.54, 1.807) is 18.1 Å². The number of thioether (sulfide) groups is 1. The van der Waals surface area contributed by atoms with Crippen molar-refractivity contribution in [3.8, 4) is 0 Å². The molecule has 0 unspecified atom stereocenters. The number of carbonyl (C=O) groups is 1. The van der Waals surface area contributed by atoms with Gasteiger partial charge in [-0.2, -0.15) is 11.8 Å². The third kappa shape index (κ3) is 4.52. The summed E-state index contributed by atoms with van der Waals surface area (Å²) < 4.78 is 5.38. The van der Waals surface area contributed by atoms with Gasteiger partial charge in [0.15, 0.2) is 0 Å². The Kier molecular flexibility index (Phi) is 5.68. The lowest BCUT2D eigenvalue weighted by atomic mass is 10.3. The van der Waals surface area contributed by atoms with Gasteiger partial charge in [-0.25, -0.2) is 4.98 Å². The number of hydrogen-bond acceptors (Lipinski definition) is 5. The minimum atomic E-state index is -0.340. The van der Waals surface area contributed by atoms with Gasteiger partial charge in [0.05, 0.1) is 18.6 Å². The van der Waals surface area contributed by atoms with Gasteiger partial charge in [0.2, 0.25) is 5.91 Å². The van der Waals surface area contributed by atoms with E-state index in [9.17, 15) is 4.79 Å². The highest BCUT2D eigenvalue weighted by atomic mass is 32.2. The molecular formula is C12H20N4O2S. The fourth-order valence-electron chi connectivity index (χ4n) is 1.80. The van der Waals surface area contributed by atoms with Crippen LogP contribution in [0.2, 0.25) is 0 Å². The second-order valence-electron chi connectivity index (χ2n) is 4.38. The van der Waals surface area contributed by atoms with E-state index in [4.69, 9.17) is 4.74 Å². The summed E-state index contributed by atoms with van der Waals surface area (Å²) in [7, 11) is 0. The second-order valence-corrected chi connectivity index (χ2v) is 5.49. The van der Waals surface area contributed by atoms with Crippen LogP contribution in [0.25, 0.3) is 0 Å². The van der Waals surface area contributed by atoms with Crippen molar-refractivity contribution in [3.05, 3.63) is 17.7 Å². The molecule has 0 bridgehead atoms. The molecule has 2 heterocycles. The van der Waals surface area contributed by atoms with Crippen LogP contribution in [0.5, 0.6) is 0 Å². The van der Waals surface area contributed by atoms with E-state index in [2.05, 4.69) is 20.6 Å². The zero-order chi connectivity index (χ0) is 13.5. The quantitative estimate of drug-likeness (QED) is 0.644. The maximum atomic E-state index is 11.7. The molecule has 19 heavy (non-hydrogen) atoms. The number of morpholine rings is 1. The van der Waals surface area contributed by atoms with E-state index in [0.717, 1.165) is 29.4 Å². The number of hydrogen-bond donors (Lipinski definition) is 3. The Morgan fingerprint density at radius 3 is 3.26 bits per heavy atom. The molecule has 0 aliphatic carbocycles. The van der Waals surface area contributed by atoms with Crippen LogP contribution >= 0.6 is 11.8 Å². The molecule has 1 saturated heterocycles. The van der Waals surface area contributed by atoms with Crippen molar-refractivity contribution in [2.75, 3.05) is 32.0 Å². The topological polar surface area (TPSA) is 79.0 Å². The van der Waals surface area contributed by atoms with Gasteiger partial charge >= 0.3 is 0 Å². The van der Waals surface area contributed by atoms with Gasteiger partial charge in [-0.3, -0.25) is 4.79 Å². The van der Waals surface area contributed by atoms with Crippen molar-refractivity contribution in [2.24, 2.45) is 0 Å². The molecule has 0 radical (unpaired) electrons. The van der Waals surface area contributed by atoms with Crippen molar-refractivity contribution in [2.45, 2.75) is 18.8 Å². The van der Waals surface area contributed by atoms with E-state index in [1.165, 1.54) is 0 Å². The molecule has 1 atom stereocenters. The highest BCUT2D eigenvalue weighted by molar-refractivity contribution is 7.98. The normalized spacial score (nSPS) is 19.3. The Hall–Kier alpha value is -1.05. The molecule has 6 nitrogen and oxygen atoms in total. The highest BCUT2D eigenvalue weighted by Gasteiger charge is 2.20. The van der Waals surface area contributed by atoms with Crippen molar-refractivity contribution >= 4 is 17.7 Å². The third-order valence-corrected chi connectivity index (χ3v) is 3.91. The van der Waals surface area contributed by atoms with Crippen LogP contribution < -0.4 is 10.6 Å². The fraction of sp³-hybridized carbons (Fsp3) is 0.667. The van der Waals surface area contributed by atoms with Crippen LogP contribution in [0.1, 0.15) is 11.4 Å². The first-order valence-electron chi connectivity index (χ1n) is 6.44. The number of carbonyl (C=O) groups excluding carboxylic acids is 1. The lowest BCUT2D eigenvalue weighted by Crippen LogP contribution is -2.48. The van der Waals surface area contributed by atoms with E-state index >= 15 is 0 Å². The molecule has 1 aromatic rings. The largest absolute Gasteiger partial charge is 0.366 e. The highest BCUT2D eigenvalue weighted by Crippen LogP contribution is 2.11. The zero-order valence-electron chi connectivity index (χ0n) is 11.1. The molecule has 1 aromatic heterocycles. The summed E-state index contributed by atoms with van der Waals surface area (Å²) in [4.78, 5) is 19.0. The average molecular weight is 284 g/mol. The summed E-state index contributed by atoms with van der Waals surface area (Å²) >= 11 is 1.76. The van der Waals surface area contributed by atoms with Gasteiger partial charge < -0.3 is 20.4 Å². The predicted molar refractivity (Wildman–Crippen MR) is 75.1 cm³/mol. The number of amides is 1. The Balaban J connectivity index is 1.56. The summed E-state index contributed by atoms with van der Waals surface area (Å²) in [5.41, 5.74) is 2.19. The molecule has 0 aromatic carbocycles. The number of rotatable bonds is 6. The number of aryl methyl sites for hydroxylation is 1. The SMILES string of the molecule is Cc1[nH]cnc1CSCCNC(=O)[C@@H]1CNCCO1. The molecule has 1 aliphatic heterocycles. The summed E-state index contributed by atoms with van der Waals surface area (Å²) in [6.07, 6.45) is 1.37. The van der Waals surface area contributed by atoms with Crippen molar-refractivity contribution in [3.63, 3.8) is 0 Å². The lowest BCUT2D eigenvalue weighted by Gasteiger charge is -2.22. The number of imidazole rings is 1. The first kappa shape index (κ1) is 14.4. The standard InChI is InChI=1S/C12H20N4O2S/c1-9-10(16-8-15-9)7-19-5-3-14-12(17)11-6-13-2-4-18-11/h8,11,13H,2-7H2,1H3,(H,14,17)(H,15,16)/t11-/m0/s1. The molecule has 1 fully saturated rings. The number of nitrogens with zero attached hydrogens (tertiary/aromatic N) is 1. The maximum absolute atomic E-state index is 11.7. The second kappa shape index (κ2) is 7.52. The van der Waals surface area contributed by atoms with Crippen LogP contribution in [0, 0.1) is 6.92 Å². The minimum absolute atomic E-state index is 0.0243. The predicted octanol–water partition coefficient (Wildman–Crippen LogP) is 0.0559. The summed E-state index contributed by atoms with van der Waals surface area (Å²) in [5.74, 6) is 1.72. The fourth-order valence-corrected chi connectivity index (χ4v) is 2.67. The van der Waals surface area contributed by atoms with Gasteiger partial charge in [0.25, 0.3) is 0 Å². The number of ether oxygens (including phenoxy) is 1. The number of aromatic amines is 1. The van der Waals surface area contributed by atoms with Gasteiger partial charge in [-0.05, 0) is 6.92 Å². The van der Waals surface area contributed by atoms with Gasteiger partial charge in [0.1, 0.15) is 6.10 Å². The van der Waals surface area contributed by atoms with Crippen molar-refractivity contribution < 1.29 is 9.53 Å². The smallest absolute Gasteiger partial charge is 0.250 e. The van der Waals surface area contributed by atoms with Crippen LogP contribution in [-0.4, -0.2) is 54.0 Å². The molecule has 7 heteroatoms. The molecule has 106 valence electrons. The minimum Gasteiger partial charge on any atom is -0.366 e. The Morgan fingerprint density at radius 2 is 2.58 bits per heavy atom. The first-order chi connectivity index (χ1) is 9.27. The Morgan fingerprint density at radius 1 is 1.68 bits per heavy atom. The molecule has 0 saturated carbocycles. The van der Waals surface area contributed by atoms with Gasteiger partial charge in [-0.1, -0.05) is 0 Å². The molecule has 3 N–H and O–H groups in total. The molecule has 0 spiro atoms. The van der Waals surface area contributed by atoms with Crippen molar-refractivity contribution in [1.29, 1.82) is 0 Å². The van der Waals surface area contributed by atoms with E-state index in [1.807, 2.05) is 6.92 Å². The lowest BCUT2D eigenvalue weighted by molar-refractivity contribution is -0.134. The molecule has 1 amide bonds. The summed E-state index contributed by atoms with van der Waals surface area (Å²) in [6, 6.07) is 0. The number of aromatic nitrogens is 2. The van der Waals surface area contributed by atoms with E-state index in [-0.39, 0.29) is 12.0 Å². The number of H-pyrrole nitrogens is 1. The monoisotopic (exact) mass is 284 g/mol. The first-order valence-corrected chi connectivity index (χ1v) is 7.59. The molecular weight excluding hydrogens is 264 g/mol. The Bertz CT molecular complexity index is 404. The Labute approximate surface area is 117 Å².